The van der Waals surface area contributed by atoms with E-state index in [4.69, 9.17) is 28.7 Å². The average Bonchev–Trinajstić information content (AvgIpc) is 3.41. The number of para-hydroxylation sites is 2. The minimum Gasteiger partial charge on any atom is -0.493 e. The van der Waals surface area contributed by atoms with Crippen molar-refractivity contribution in [3.63, 3.8) is 0 Å². The molecule has 1 N–H and O–H groups in total. The Bertz CT molecular complexity index is 1540. The number of aryl methyl sites for hydroxylation is 2. The molecule has 0 atom stereocenters. The van der Waals surface area contributed by atoms with Crippen LogP contribution in [0.5, 0.6) is 28.7 Å². The zero-order valence-electron chi connectivity index (χ0n) is 26.4. The van der Waals surface area contributed by atoms with Crippen molar-refractivity contribution in [2.45, 2.75) is 45.6 Å². The third kappa shape index (κ3) is 8.03. The van der Waals surface area contributed by atoms with Crippen LogP contribution in [0.25, 0.3) is 17.1 Å². The Morgan fingerprint density at radius 2 is 1.59 bits per heavy atom. The molecule has 0 bridgehead atoms. The summed E-state index contributed by atoms with van der Waals surface area (Å²) in [5.41, 5.74) is 3.67. The number of nitrogens with one attached hydrogen (secondary N) is 1. The summed E-state index contributed by atoms with van der Waals surface area (Å²) < 4.78 is 30.0. The van der Waals surface area contributed by atoms with Gasteiger partial charge >= 0.3 is 0 Å². The number of aromatic nitrogens is 2. The monoisotopic (exact) mass is 601 g/mol. The molecule has 234 valence electrons. The summed E-state index contributed by atoms with van der Waals surface area (Å²) in [5.74, 6) is 3.72. The van der Waals surface area contributed by atoms with E-state index in [0.29, 0.717) is 36.0 Å². The van der Waals surface area contributed by atoms with Gasteiger partial charge in [0.25, 0.3) is 5.91 Å². The molecule has 1 heterocycles. The summed E-state index contributed by atoms with van der Waals surface area (Å²) in [6, 6.07) is 17.5. The van der Waals surface area contributed by atoms with E-state index in [1.165, 1.54) is 21.3 Å². The highest BCUT2D eigenvalue weighted by Crippen LogP contribution is 2.38. The number of methoxy groups -OCH3 is 4. The Labute approximate surface area is 259 Å². The van der Waals surface area contributed by atoms with E-state index < -0.39 is 0 Å². The van der Waals surface area contributed by atoms with E-state index >= 15 is 0 Å². The van der Waals surface area contributed by atoms with E-state index in [9.17, 15) is 4.79 Å². The maximum absolute atomic E-state index is 12.8. The van der Waals surface area contributed by atoms with Gasteiger partial charge in [-0.2, -0.15) is 0 Å². The molecule has 3 aromatic carbocycles. The fraction of sp³-hybridized carbons (Fsp3) is 0.371. The topological polar surface area (TPSA) is 93.1 Å². The van der Waals surface area contributed by atoms with Gasteiger partial charge in [-0.1, -0.05) is 36.8 Å². The molecule has 0 aliphatic rings. The second kappa shape index (κ2) is 16.3. The summed E-state index contributed by atoms with van der Waals surface area (Å²) in [4.78, 5) is 17.7. The van der Waals surface area contributed by atoms with Gasteiger partial charge in [-0.3, -0.25) is 4.79 Å². The average molecular weight is 602 g/mol. The summed E-state index contributed by atoms with van der Waals surface area (Å²) in [6.45, 7) is 3.94. The first-order chi connectivity index (χ1) is 21.5. The van der Waals surface area contributed by atoms with Crippen molar-refractivity contribution >= 4 is 23.0 Å². The molecule has 4 aromatic rings. The van der Waals surface area contributed by atoms with Crippen LogP contribution in [0.3, 0.4) is 0 Å². The number of hydrogen-bond acceptors (Lipinski definition) is 7. The first kappa shape index (κ1) is 32.3. The zero-order chi connectivity index (χ0) is 31.3. The van der Waals surface area contributed by atoms with Crippen LogP contribution in [-0.2, 0) is 13.0 Å². The molecule has 44 heavy (non-hydrogen) atoms. The van der Waals surface area contributed by atoms with E-state index in [0.717, 1.165) is 72.6 Å². The van der Waals surface area contributed by atoms with Gasteiger partial charge in [-0.25, -0.2) is 4.98 Å². The molecule has 0 saturated heterocycles. The van der Waals surface area contributed by atoms with Crippen molar-refractivity contribution in [3.8, 4) is 28.7 Å². The van der Waals surface area contributed by atoms with Crippen LogP contribution in [0.1, 0.15) is 54.4 Å². The lowest BCUT2D eigenvalue weighted by Crippen LogP contribution is -2.24. The zero-order valence-corrected chi connectivity index (χ0v) is 26.4. The lowest BCUT2D eigenvalue weighted by Gasteiger charge is -2.14. The van der Waals surface area contributed by atoms with Gasteiger partial charge < -0.3 is 33.6 Å². The van der Waals surface area contributed by atoms with Gasteiger partial charge in [0.2, 0.25) is 5.75 Å². The van der Waals surface area contributed by atoms with Gasteiger partial charge in [0.1, 0.15) is 5.82 Å². The lowest BCUT2D eigenvalue weighted by atomic mass is 10.1. The predicted octanol–water partition coefficient (Wildman–Crippen LogP) is 6.72. The van der Waals surface area contributed by atoms with Crippen molar-refractivity contribution in [1.29, 1.82) is 0 Å². The number of carbonyl (C=O) groups is 1. The Balaban J connectivity index is 1.27. The van der Waals surface area contributed by atoms with Gasteiger partial charge in [0.15, 0.2) is 23.0 Å². The standard InChI is InChI=1S/C35H43N3O6/c1-6-13-25-17-18-29(30(22-25)40-2)44-21-12-20-38-28-15-10-9-14-27(28)37-33(38)16-8-7-11-19-36-35(39)26-23-31(41-3)34(43-5)32(24-26)42-4/h6,9-10,13-15,17-18,22-24H,7-8,11-12,16,19-21H2,1-5H3,(H,36,39)/b13-6+. The molecule has 0 radical (unpaired) electrons. The van der Waals surface area contributed by atoms with E-state index in [-0.39, 0.29) is 5.91 Å². The summed E-state index contributed by atoms with van der Waals surface area (Å²) in [7, 11) is 6.26. The van der Waals surface area contributed by atoms with Crippen LogP contribution in [0.4, 0.5) is 0 Å². The molecular weight excluding hydrogens is 558 g/mol. The molecule has 0 fully saturated rings. The number of carbonyl (C=O) groups excluding carboxylic acids is 1. The van der Waals surface area contributed by atoms with Crippen LogP contribution in [-0.4, -0.2) is 57.0 Å². The largest absolute Gasteiger partial charge is 0.493 e. The quantitative estimate of drug-likeness (QED) is 0.134. The van der Waals surface area contributed by atoms with Crippen molar-refractivity contribution in [1.82, 2.24) is 14.9 Å². The van der Waals surface area contributed by atoms with Crippen molar-refractivity contribution in [2.24, 2.45) is 0 Å². The maximum atomic E-state index is 12.8. The van der Waals surface area contributed by atoms with Gasteiger partial charge in [-0.05, 0) is 68.1 Å². The number of hydrogen-bond donors (Lipinski definition) is 1. The molecule has 0 spiro atoms. The number of amides is 1. The first-order valence-corrected chi connectivity index (χ1v) is 15.0. The third-order valence-corrected chi connectivity index (χ3v) is 7.35. The van der Waals surface area contributed by atoms with Gasteiger partial charge in [0.05, 0.1) is 46.1 Å². The van der Waals surface area contributed by atoms with E-state index in [2.05, 4.69) is 28.1 Å². The molecule has 0 unspecified atom stereocenters. The number of benzene rings is 3. The van der Waals surface area contributed by atoms with Crippen molar-refractivity contribution in [3.05, 3.63) is 77.6 Å². The highest BCUT2D eigenvalue weighted by Gasteiger charge is 2.17. The third-order valence-electron chi connectivity index (χ3n) is 7.35. The molecule has 4 rings (SSSR count). The smallest absolute Gasteiger partial charge is 0.251 e. The highest BCUT2D eigenvalue weighted by atomic mass is 16.5. The molecule has 1 aromatic heterocycles. The van der Waals surface area contributed by atoms with Crippen LogP contribution < -0.4 is 29.0 Å². The number of unbranched alkanes of at least 4 members (excludes halogenated alkanes) is 2. The highest BCUT2D eigenvalue weighted by molar-refractivity contribution is 5.95. The Morgan fingerprint density at radius 3 is 2.30 bits per heavy atom. The fourth-order valence-electron chi connectivity index (χ4n) is 5.17. The molecule has 9 heteroatoms. The second-order valence-electron chi connectivity index (χ2n) is 10.3. The minimum atomic E-state index is -0.181. The van der Waals surface area contributed by atoms with Crippen LogP contribution >= 0.6 is 0 Å². The molecule has 0 saturated carbocycles. The lowest BCUT2D eigenvalue weighted by molar-refractivity contribution is 0.0952. The minimum absolute atomic E-state index is 0.181. The maximum Gasteiger partial charge on any atom is 0.251 e. The Hall–Kier alpha value is -4.66. The number of rotatable bonds is 17. The number of allylic oxidation sites excluding steroid dienone is 1. The summed E-state index contributed by atoms with van der Waals surface area (Å²) in [6.07, 6.45) is 8.52. The van der Waals surface area contributed by atoms with Crippen LogP contribution in [0, 0.1) is 0 Å². The predicted molar refractivity (Wildman–Crippen MR) is 174 cm³/mol. The molecule has 1 amide bonds. The number of fused-ring (bicyclic) bond motifs is 1. The fourth-order valence-corrected chi connectivity index (χ4v) is 5.17. The number of nitrogens with zero attached hydrogens (tertiary/aromatic N) is 2. The summed E-state index contributed by atoms with van der Waals surface area (Å²) >= 11 is 0. The molecule has 0 aliphatic heterocycles. The van der Waals surface area contributed by atoms with E-state index in [1.54, 1.807) is 19.2 Å². The Kier molecular flexibility index (Phi) is 11.9. The van der Waals surface area contributed by atoms with Gasteiger partial charge in [-0.15, -0.1) is 0 Å². The van der Waals surface area contributed by atoms with E-state index in [1.807, 2.05) is 43.3 Å². The van der Waals surface area contributed by atoms with Crippen molar-refractivity contribution in [2.75, 3.05) is 41.6 Å². The Morgan fingerprint density at radius 1 is 0.841 bits per heavy atom. The molecule has 0 aliphatic carbocycles. The number of ether oxygens (including phenoxy) is 5. The van der Waals surface area contributed by atoms with Crippen molar-refractivity contribution < 1.29 is 28.5 Å². The molecular formula is C35H43N3O6. The number of imidazole rings is 1. The van der Waals surface area contributed by atoms with Crippen LogP contribution in [0.15, 0.2) is 60.7 Å². The van der Waals surface area contributed by atoms with Crippen LogP contribution in [0.2, 0.25) is 0 Å². The second-order valence-corrected chi connectivity index (χ2v) is 10.3. The SMILES string of the molecule is C/C=C/c1ccc(OCCCn2c(CCCCCNC(=O)c3cc(OC)c(OC)c(OC)c3)nc3ccccc32)c(OC)c1. The normalized spacial score (nSPS) is 11.1. The van der Waals surface area contributed by atoms with Gasteiger partial charge in [0, 0.05) is 25.1 Å². The molecule has 9 nitrogen and oxygen atoms in total. The summed E-state index contributed by atoms with van der Waals surface area (Å²) in [5, 5.41) is 3.00. The first-order valence-electron chi connectivity index (χ1n) is 15.0.